The summed E-state index contributed by atoms with van der Waals surface area (Å²) in [6.07, 6.45) is 2.97. The fraction of sp³-hybridized carbons (Fsp3) is 0.250. The number of carbonyl (C=O) groups is 3. The van der Waals surface area contributed by atoms with Crippen molar-refractivity contribution in [1.82, 2.24) is 9.80 Å². The number of imide groups is 1. The molecule has 0 bridgehead atoms. The summed E-state index contributed by atoms with van der Waals surface area (Å²) >= 11 is 0. The average molecular weight is 439 g/mol. The Labute approximate surface area is 193 Å². The van der Waals surface area contributed by atoms with Crippen LogP contribution < -0.4 is 0 Å². The van der Waals surface area contributed by atoms with Crippen LogP contribution in [-0.2, 0) is 13.0 Å². The number of nitrogens with zero attached hydrogens (tertiary/aromatic N) is 2. The van der Waals surface area contributed by atoms with Crippen LogP contribution in [0.3, 0.4) is 0 Å². The highest BCUT2D eigenvalue weighted by atomic mass is 16.2. The van der Waals surface area contributed by atoms with E-state index in [1.165, 1.54) is 10.5 Å². The van der Waals surface area contributed by atoms with Crippen molar-refractivity contribution in [2.45, 2.75) is 25.8 Å². The van der Waals surface area contributed by atoms with E-state index >= 15 is 0 Å². The topological polar surface area (TPSA) is 57.7 Å². The molecule has 3 amide bonds. The number of fused-ring (bicyclic) bond motifs is 1. The smallest absolute Gasteiger partial charge is 0.261 e. The second kappa shape index (κ2) is 9.02. The molecule has 5 heteroatoms. The SMILES string of the molecule is O=C(c1ccc2c(c1)C(=O)N(Cc1ccccc1)C2=O)N1CCC(Cc2ccccc2)CC1. The molecule has 0 radical (unpaired) electrons. The van der Waals surface area contributed by atoms with Gasteiger partial charge in [-0.15, -0.1) is 0 Å². The molecule has 166 valence electrons. The Morgan fingerprint density at radius 2 is 1.36 bits per heavy atom. The van der Waals surface area contributed by atoms with Crippen LogP contribution in [0.2, 0.25) is 0 Å². The zero-order valence-corrected chi connectivity index (χ0v) is 18.4. The van der Waals surface area contributed by atoms with Crippen molar-refractivity contribution in [3.8, 4) is 0 Å². The second-order valence-corrected chi connectivity index (χ2v) is 8.87. The first-order chi connectivity index (χ1) is 16.1. The zero-order valence-electron chi connectivity index (χ0n) is 18.4. The van der Waals surface area contributed by atoms with Crippen molar-refractivity contribution in [2.24, 2.45) is 5.92 Å². The molecule has 1 saturated heterocycles. The van der Waals surface area contributed by atoms with Gasteiger partial charge in [0.15, 0.2) is 0 Å². The molecule has 1 fully saturated rings. The summed E-state index contributed by atoms with van der Waals surface area (Å²) in [6, 6.07) is 24.8. The molecule has 2 aliphatic rings. The minimum atomic E-state index is -0.338. The number of hydrogen-bond acceptors (Lipinski definition) is 3. The molecule has 3 aromatic carbocycles. The van der Waals surface area contributed by atoms with Crippen LogP contribution in [0.4, 0.5) is 0 Å². The van der Waals surface area contributed by atoms with Crippen molar-refractivity contribution >= 4 is 17.7 Å². The van der Waals surface area contributed by atoms with E-state index in [9.17, 15) is 14.4 Å². The number of benzene rings is 3. The monoisotopic (exact) mass is 438 g/mol. The molecule has 0 unspecified atom stereocenters. The van der Waals surface area contributed by atoms with E-state index < -0.39 is 0 Å². The maximum Gasteiger partial charge on any atom is 0.261 e. The van der Waals surface area contributed by atoms with Gasteiger partial charge in [0, 0.05) is 18.7 Å². The molecule has 0 saturated carbocycles. The molecule has 3 aromatic rings. The van der Waals surface area contributed by atoms with Crippen LogP contribution in [0.1, 0.15) is 55.0 Å². The lowest BCUT2D eigenvalue weighted by molar-refractivity contribution is 0.0641. The summed E-state index contributed by atoms with van der Waals surface area (Å²) in [5.41, 5.74) is 3.39. The van der Waals surface area contributed by atoms with Gasteiger partial charge in [0.2, 0.25) is 0 Å². The third-order valence-corrected chi connectivity index (χ3v) is 6.67. The quantitative estimate of drug-likeness (QED) is 0.548. The summed E-state index contributed by atoms with van der Waals surface area (Å²) in [5, 5.41) is 0. The number of rotatable bonds is 5. The maximum atomic E-state index is 13.1. The lowest BCUT2D eigenvalue weighted by atomic mass is 9.90. The molecular formula is C28H26N2O3. The third kappa shape index (κ3) is 4.31. The van der Waals surface area contributed by atoms with Gasteiger partial charge >= 0.3 is 0 Å². The largest absolute Gasteiger partial charge is 0.339 e. The minimum Gasteiger partial charge on any atom is -0.339 e. The second-order valence-electron chi connectivity index (χ2n) is 8.87. The molecular weight excluding hydrogens is 412 g/mol. The highest BCUT2D eigenvalue weighted by molar-refractivity contribution is 6.22. The maximum absolute atomic E-state index is 13.1. The van der Waals surface area contributed by atoms with E-state index in [-0.39, 0.29) is 24.3 Å². The molecule has 0 aromatic heterocycles. The number of piperidine rings is 1. The standard InChI is InChI=1S/C28H26N2O3/c31-26(29-15-13-21(14-16-29)17-20-7-3-1-4-8-20)23-11-12-24-25(18-23)28(33)30(27(24)32)19-22-9-5-2-6-10-22/h1-12,18,21H,13-17,19H2. The normalized spacial score (nSPS) is 16.2. The van der Waals surface area contributed by atoms with E-state index in [4.69, 9.17) is 0 Å². The van der Waals surface area contributed by atoms with E-state index in [0.717, 1.165) is 24.8 Å². The molecule has 0 N–H and O–H groups in total. The predicted octanol–water partition coefficient (Wildman–Crippen LogP) is 4.58. The van der Waals surface area contributed by atoms with E-state index in [1.54, 1.807) is 18.2 Å². The summed E-state index contributed by atoms with van der Waals surface area (Å²) in [4.78, 5) is 42.0. The first-order valence-corrected chi connectivity index (χ1v) is 11.5. The Morgan fingerprint density at radius 1 is 0.758 bits per heavy atom. The van der Waals surface area contributed by atoms with Crippen LogP contribution in [0.5, 0.6) is 0 Å². The van der Waals surface area contributed by atoms with Crippen LogP contribution in [0.25, 0.3) is 0 Å². The van der Waals surface area contributed by atoms with Crippen molar-refractivity contribution in [1.29, 1.82) is 0 Å². The molecule has 33 heavy (non-hydrogen) atoms. The van der Waals surface area contributed by atoms with E-state index in [1.807, 2.05) is 41.3 Å². The summed E-state index contributed by atoms with van der Waals surface area (Å²) in [7, 11) is 0. The lowest BCUT2D eigenvalue weighted by Crippen LogP contribution is -2.39. The van der Waals surface area contributed by atoms with E-state index in [0.29, 0.717) is 35.7 Å². The van der Waals surface area contributed by atoms with Crippen molar-refractivity contribution in [3.05, 3.63) is 107 Å². The van der Waals surface area contributed by atoms with Crippen molar-refractivity contribution in [2.75, 3.05) is 13.1 Å². The Balaban J connectivity index is 1.25. The van der Waals surface area contributed by atoms with Gasteiger partial charge in [-0.05, 0) is 54.5 Å². The third-order valence-electron chi connectivity index (χ3n) is 6.67. The van der Waals surface area contributed by atoms with Crippen LogP contribution in [-0.4, -0.2) is 40.6 Å². The minimum absolute atomic E-state index is 0.0716. The predicted molar refractivity (Wildman–Crippen MR) is 126 cm³/mol. The molecule has 0 spiro atoms. The van der Waals surface area contributed by atoms with E-state index in [2.05, 4.69) is 24.3 Å². The van der Waals surface area contributed by atoms with Gasteiger partial charge in [0.1, 0.15) is 0 Å². The Kier molecular flexibility index (Phi) is 5.78. The van der Waals surface area contributed by atoms with Gasteiger partial charge in [-0.3, -0.25) is 19.3 Å². The van der Waals surface area contributed by atoms with Gasteiger partial charge in [0.25, 0.3) is 17.7 Å². The van der Waals surface area contributed by atoms with Crippen LogP contribution >= 0.6 is 0 Å². The van der Waals surface area contributed by atoms with Gasteiger partial charge in [-0.2, -0.15) is 0 Å². The van der Waals surface area contributed by atoms with Crippen molar-refractivity contribution in [3.63, 3.8) is 0 Å². The first kappa shape index (κ1) is 21.1. The molecule has 2 heterocycles. The first-order valence-electron chi connectivity index (χ1n) is 11.5. The highest BCUT2D eigenvalue weighted by Crippen LogP contribution is 2.27. The fourth-order valence-electron chi connectivity index (χ4n) is 4.80. The summed E-state index contributed by atoms with van der Waals surface area (Å²) in [6.45, 7) is 1.65. The number of carbonyl (C=O) groups excluding carboxylic acids is 3. The number of amides is 3. The zero-order chi connectivity index (χ0) is 22.8. The van der Waals surface area contributed by atoms with Crippen LogP contribution in [0, 0.1) is 5.92 Å². The molecule has 5 nitrogen and oxygen atoms in total. The average Bonchev–Trinajstić information content (AvgIpc) is 3.09. The number of likely N-dealkylation sites (tertiary alicyclic amines) is 1. The summed E-state index contributed by atoms with van der Waals surface area (Å²) in [5.74, 6) is -0.144. The molecule has 0 aliphatic carbocycles. The molecule has 0 atom stereocenters. The van der Waals surface area contributed by atoms with Gasteiger partial charge < -0.3 is 4.90 Å². The van der Waals surface area contributed by atoms with Gasteiger partial charge in [-0.25, -0.2) is 0 Å². The molecule has 5 rings (SSSR count). The van der Waals surface area contributed by atoms with Crippen LogP contribution in [0.15, 0.2) is 78.9 Å². The number of hydrogen-bond donors (Lipinski definition) is 0. The Hall–Kier alpha value is -3.73. The van der Waals surface area contributed by atoms with Gasteiger partial charge in [-0.1, -0.05) is 60.7 Å². The van der Waals surface area contributed by atoms with Gasteiger partial charge in [0.05, 0.1) is 17.7 Å². The summed E-state index contributed by atoms with van der Waals surface area (Å²) < 4.78 is 0. The Morgan fingerprint density at radius 3 is 2.03 bits per heavy atom. The Bertz CT molecular complexity index is 1180. The highest BCUT2D eigenvalue weighted by Gasteiger charge is 2.36. The lowest BCUT2D eigenvalue weighted by Gasteiger charge is -2.32. The van der Waals surface area contributed by atoms with Crippen molar-refractivity contribution < 1.29 is 14.4 Å². The molecule has 2 aliphatic heterocycles. The fourth-order valence-corrected chi connectivity index (χ4v) is 4.80.